The molecule has 1 atom stereocenters. The molecule has 1 unspecified atom stereocenters. The molecule has 0 aliphatic carbocycles. The summed E-state index contributed by atoms with van der Waals surface area (Å²) in [5.41, 5.74) is 0.400. The lowest BCUT2D eigenvalue weighted by Gasteiger charge is -2.44. The molecule has 1 aromatic rings. The van der Waals surface area contributed by atoms with E-state index in [2.05, 4.69) is 9.88 Å². The van der Waals surface area contributed by atoms with Gasteiger partial charge in [-0.3, -0.25) is 9.69 Å². The minimum absolute atomic E-state index is 0.0773. The number of pyridine rings is 1. The van der Waals surface area contributed by atoms with E-state index in [9.17, 15) is 9.18 Å². The Morgan fingerprint density at radius 1 is 1.32 bits per heavy atom. The highest BCUT2D eigenvalue weighted by atomic mass is 19.1. The third-order valence-electron chi connectivity index (χ3n) is 4.10. The lowest BCUT2D eigenvalue weighted by atomic mass is 9.99. The molecule has 2 fully saturated rings. The molecule has 0 spiro atoms. The molecule has 0 aromatic carbocycles. The van der Waals surface area contributed by atoms with Crippen molar-refractivity contribution in [2.24, 2.45) is 0 Å². The highest BCUT2D eigenvalue weighted by Crippen LogP contribution is 2.22. The van der Waals surface area contributed by atoms with Gasteiger partial charge in [-0.05, 0) is 25.5 Å². The number of amides is 1. The molecule has 0 radical (unpaired) electrons. The van der Waals surface area contributed by atoms with E-state index in [1.165, 1.54) is 25.1 Å². The lowest BCUT2D eigenvalue weighted by Crippen LogP contribution is -2.56. The number of halogens is 1. The van der Waals surface area contributed by atoms with E-state index in [4.69, 9.17) is 0 Å². The number of aromatic nitrogens is 1. The molecule has 1 amide bonds. The molecule has 1 aromatic heterocycles. The molecule has 3 heterocycles. The summed E-state index contributed by atoms with van der Waals surface area (Å²) >= 11 is 0. The molecule has 2 aliphatic heterocycles. The Morgan fingerprint density at radius 2 is 2.21 bits per heavy atom. The van der Waals surface area contributed by atoms with Crippen LogP contribution in [0.15, 0.2) is 18.3 Å². The molecule has 0 N–H and O–H groups in total. The van der Waals surface area contributed by atoms with Crippen LogP contribution in [0.4, 0.5) is 4.39 Å². The SMILES string of the molecule is O=C(c1ccnc(F)c1)N1CCN2CCCCC2C1. The Morgan fingerprint density at radius 3 is 3.05 bits per heavy atom. The predicted molar refractivity (Wildman–Crippen MR) is 69.3 cm³/mol. The van der Waals surface area contributed by atoms with Gasteiger partial charge in [-0.15, -0.1) is 0 Å². The second-order valence-electron chi connectivity index (χ2n) is 5.30. The number of piperazine rings is 1. The average molecular weight is 263 g/mol. The van der Waals surface area contributed by atoms with Gasteiger partial charge in [-0.25, -0.2) is 4.98 Å². The van der Waals surface area contributed by atoms with Crippen LogP contribution in [0.3, 0.4) is 0 Å². The summed E-state index contributed by atoms with van der Waals surface area (Å²) in [5, 5.41) is 0. The van der Waals surface area contributed by atoms with E-state index in [-0.39, 0.29) is 5.91 Å². The fraction of sp³-hybridized carbons (Fsp3) is 0.571. The van der Waals surface area contributed by atoms with Crippen LogP contribution < -0.4 is 0 Å². The smallest absolute Gasteiger partial charge is 0.254 e. The monoisotopic (exact) mass is 263 g/mol. The van der Waals surface area contributed by atoms with Gasteiger partial charge in [0.05, 0.1) is 0 Å². The number of hydrogen-bond acceptors (Lipinski definition) is 3. The second-order valence-corrected chi connectivity index (χ2v) is 5.30. The Bertz CT molecular complexity index is 480. The van der Waals surface area contributed by atoms with Gasteiger partial charge < -0.3 is 4.90 Å². The largest absolute Gasteiger partial charge is 0.336 e. The molecule has 19 heavy (non-hydrogen) atoms. The Labute approximate surface area is 112 Å². The first-order valence-electron chi connectivity index (χ1n) is 6.89. The zero-order chi connectivity index (χ0) is 13.2. The Balaban J connectivity index is 1.71. The van der Waals surface area contributed by atoms with Crippen molar-refractivity contribution in [1.29, 1.82) is 0 Å². The van der Waals surface area contributed by atoms with Gasteiger partial charge >= 0.3 is 0 Å². The maximum absolute atomic E-state index is 13.1. The van der Waals surface area contributed by atoms with Crippen molar-refractivity contribution in [1.82, 2.24) is 14.8 Å². The first-order chi connectivity index (χ1) is 9.24. The fourth-order valence-corrected chi connectivity index (χ4v) is 3.06. The van der Waals surface area contributed by atoms with Gasteiger partial charge in [0, 0.05) is 43.5 Å². The van der Waals surface area contributed by atoms with Crippen LogP contribution >= 0.6 is 0 Å². The molecule has 4 nitrogen and oxygen atoms in total. The third-order valence-corrected chi connectivity index (χ3v) is 4.10. The van der Waals surface area contributed by atoms with Gasteiger partial charge in [0.2, 0.25) is 5.95 Å². The number of hydrogen-bond donors (Lipinski definition) is 0. The number of rotatable bonds is 1. The van der Waals surface area contributed by atoms with Gasteiger partial charge in [0.25, 0.3) is 5.91 Å². The summed E-state index contributed by atoms with van der Waals surface area (Å²) in [7, 11) is 0. The number of carbonyl (C=O) groups excluding carboxylic acids is 1. The number of piperidine rings is 1. The Kier molecular flexibility index (Phi) is 3.46. The van der Waals surface area contributed by atoms with Crippen LogP contribution in [0, 0.1) is 5.95 Å². The second kappa shape index (κ2) is 5.25. The lowest BCUT2D eigenvalue weighted by molar-refractivity contribution is 0.0372. The number of fused-ring (bicyclic) bond motifs is 1. The van der Waals surface area contributed by atoms with E-state index in [1.54, 1.807) is 6.07 Å². The summed E-state index contributed by atoms with van der Waals surface area (Å²) in [5.74, 6) is -0.673. The van der Waals surface area contributed by atoms with Crippen LogP contribution in [-0.4, -0.2) is 52.9 Å². The summed E-state index contributed by atoms with van der Waals surface area (Å²) in [4.78, 5) is 20.1. The maximum atomic E-state index is 13.1. The van der Waals surface area contributed by atoms with Gasteiger partial charge in [-0.1, -0.05) is 6.42 Å². The van der Waals surface area contributed by atoms with Crippen LogP contribution in [-0.2, 0) is 0 Å². The van der Waals surface area contributed by atoms with E-state index in [0.717, 1.165) is 32.6 Å². The van der Waals surface area contributed by atoms with Gasteiger partial charge in [0.1, 0.15) is 0 Å². The minimum atomic E-state index is -0.595. The van der Waals surface area contributed by atoms with E-state index < -0.39 is 5.95 Å². The van der Waals surface area contributed by atoms with Crippen LogP contribution in [0.5, 0.6) is 0 Å². The van der Waals surface area contributed by atoms with Crippen molar-refractivity contribution in [2.75, 3.05) is 26.2 Å². The first-order valence-corrected chi connectivity index (χ1v) is 6.89. The summed E-state index contributed by atoms with van der Waals surface area (Å²) in [6, 6.07) is 3.28. The fourth-order valence-electron chi connectivity index (χ4n) is 3.06. The van der Waals surface area contributed by atoms with Crippen molar-refractivity contribution >= 4 is 5.91 Å². The third kappa shape index (κ3) is 2.61. The molecule has 0 bridgehead atoms. The molecule has 2 saturated heterocycles. The van der Waals surface area contributed by atoms with Crippen molar-refractivity contribution < 1.29 is 9.18 Å². The van der Waals surface area contributed by atoms with E-state index in [0.29, 0.717) is 11.6 Å². The molecule has 2 aliphatic rings. The zero-order valence-electron chi connectivity index (χ0n) is 10.9. The molecule has 5 heteroatoms. The normalized spacial score (nSPS) is 24.1. The standard InChI is InChI=1S/C14H18FN3O/c15-13-9-11(4-5-16-13)14(19)18-8-7-17-6-2-1-3-12(17)10-18/h4-5,9,12H,1-3,6-8,10H2. The molecular formula is C14H18FN3O. The predicted octanol–water partition coefficient (Wildman–Crippen LogP) is 1.53. The van der Waals surface area contributed by atoms with Crippen LogP contribution in [0.2, 0.25) is 0 Å². The van der Waals surface area contributed by atoms with Crippen LogP contribution in [0.25, 0.3) is 0 Å². The highest BCUT2D eigenvalue weighted by Gasteiger charge is 2.31. The van der Waals surface area contributed by atoms with Crippen molar-refractivity contribution in [3.05, 3.63) is 29.8 Å². The van der Waals surface area contributed by atoms with Crippen molar-refractivity contribution in [3.63, 3.8) is 0 Å². The Hall–Kier alpha value is -1.49. The summed E-state index contributed by atoms with van der Waals surface area (Å²) in [6.45, 7) is 3.59. The molecule has 3 rings (SSSR count). The van der Waals surface area contributed by atoms with Gasteiger partial charge in [-0.2, -0.15) is 4.39 Å². The van der Waals surface area contributed by atoms with Crippen molar-refractivity contribution in [2.45, 2.75) is 25.3 Å². The molecule has 0 saturated carbocycles. The molecule has 102 valence electrons. The summed E-state index contributed by atoms with van der Waals surface area (Å²) in [6.07, 6.45) is 5.01. The zero-order valence-corrected chi connectivity index (χ0v) is 10.9. The first kappa shape index (κ1) is 12.5. The molecular weight excluding hydrogens is 245 g/mol. The maximum Gasteiger partial charge on any atom is 0.254 e. The van der Waals surface area contributed by atoms with Crippen LogP contribution in [0.1, 0.15) is 29.6 Å². The summed E-state index contributed by atoms with van der Waals surface area (Å²) < 4.78 is 13.1. The number of carbonyl (C=O) groups is 1. The average Bonchev–Trinajstić information content (AvgIpc) is 2.46. The minimum Gasteiger partial charge on any atom is -0.336 e. The number of nitrogens with zero attached hydrogens (tertiary/aromatic N) is 3. The quantitative estimate of drug-likeness (QED) is 0.721. The van der Waals surface area contributed by atoms with Gasteiger partial charge in [0.15, 0.2) is 0 Å². The van der Waals surface area contributed by atoms with Crippen molar-refractivity contribution in [3.8, 4) is 0 Å². The van der Waals surface area contributed by atoms with E-state index >= 15 is 0 Å². The topological polar surface area (TPSA) is 36.4 Å². The highest BCUT2D eigenvalue weighted by molar-refractivity contribution is 5.94. The van der Waals surface area contributed by atoms with E-state index in [1.807, 2.05) is 4.90 Å².